The number of carbonyl (C=O) groups is 3. The van der Waals surface area contributed by atoms with Crippen molar-refractivity contribution in [3.05, 3.63) is 35.9 Å². The van der Waals surface area contributed by atoms with Gasteiger partial charge in [0, 0.05) is 26.6 Å². The van der Waals surface area contributed by atoms with Crippen LogP contribution in [-0.2, 0) is 9.59 Å². The molecule has 4 amide bonds. The number of carbonyl (C=O) groups excluding carboxylic acids is 3. The van der Waals surface area contributed by atoms with Gasteiger partial charge in [-0.2, -0.15) is 0 Å². The minimum atomic E-state index is -0.286. The smallest absolute Gasteiger partial charge is 0.326 e. The number of likely N-dealkylation sites (N-methyl/N-ethyl adjacent to an activating group) is 2. The summed E-state index contributed by atoms with van der Waals surface area (Å²) in [6.45, 7) is 6.97. The van der Waals surface area contributed by atoms with Gasteiger partial charge in [0.05, 0.1) is 6.04 Å². The van der Waals surface area contributed by atoms with Crippen LogP contribution in [0.5, 0.6) is 0 Å². The first kappa shape index (κ1) is 20.9. The number of amides is 4. The molecule has 1 aliphatic heterocycles. The van der Waals surface area contributed by atoms with Gasteiger partial charge in [0.2, 0.25) is 11.8 Å². The fraction of sp³-hybridized carbons (Fsp3) is 0.550. The minimum absolute atomic E-state index is 0.0597. The Labute approximate surface area is 161 Å². The summed E-state index contributed by atoms with van der Waals surface area (Å²) >= 11 is 0. The van der Waals surface area contributed by atoms with Crippen LogP contribution in [0.15, 0.2) is 30.3 Å². The van der Waals surface area contributed by atoms with Gasteiger partial charge >= 0.3 is 6.03 Å². The quantitative estimate of drug-likeness (QED) is 0.635. The Kier molecular flexibility index (Phi) is 7.79. The van der Waals surface area contributed by atoms with E-state index < -0.39 is 0 Å². The lowest BCUT2D eigenvalue weighted by atomic mass is 10.0. The highest BCUT2D eigenvalue weighted by Crippen LogP contribution is 2.19. The van der Waals surface area contributed by atoms with E-state index in [2.05, 4.69) is 36.2 Å². The number of nitrogens with one attached hydrogen (secondary N) is 1. The zero-order valence-electron chi connectivity index (χ0n) is 16.5. The summed E-state index contributed by atoms with van der Waals surface area (Å²) in [4.78, 5) is 40.7. The first-order valence-electron chi connectivity index (χ1n) is 9.59. The van der Waals surface area contributed by atoms with Crippen molar-refractivity contribution in [1.29, 1.82) is 0 Å². The minimum Gasteiger partial charge on any atom is -0.354 e. The molecule has 0 bridgehead atoms. The van der Waals surface area contributed by atoms with E-state index in [9.17, 15) is 14.4 Å². The number of hydrogen-bond acceptors (Lipinski definition) is 4. The van der Waals surface area contributed by atoms with Gasteiger partial charge in [-0.3, -0.25) is 19.4 Å². The van der Waals surface area contributed by atoms with Crippen molar-refractivity contribution in [1.82, 2.24) is 20.0 Å². The van der Waals surface area contributed by atoms with E-state index in [1.54, 1.807) is 7.05 Å². The van der Waals surface area contributed by atoms with Crippen molar-refractivity contribution >= 4 is 17.8 Å². The van der Waals surface area contributed by atoms with Crippen LogP contribution in [0.4, 0.5) is 4.79 Å². The van der Waals surface area contributed by atoms with Gasteiger partial charge in [0.1, 0.15) is 6.54 Å². The van der Waals surface area contributed by atoms with Crippen LogP contribution < -0.4 is 5.32 Å². The Balaban J connectivity index is 1.83. The summed E-state index contributed by atoms with van der Waals surface area (Å²) in [5.74, 6) is -0.260. The molecule has 148 valence electrons. The van der Waals surface area contributed by atoms with Gasteiger partial charge in [-0.15, -0.1) is 0 Å². The van der Waals surface area contributed by atoms with Crippen molar-refractivity contribution in [3.8, 4) is 0 Å². The maximum absolute atomic E-state index is 12.3. The highest BCUT2D eigenvalue weighted by molar-refractivity contribution is 6.01. The number of nitrogens with zero attached hydrogens (tertiary/aromatic N) is 3. The summed E-state index contributed by atoms with van der Waals surface area (Å²) in [6, 6.07) is 10.0. The largest absolute Gasteiger partial charge is 0.354 e. The molecule has 7 heteroatoms. The van der Waals surface area contributed by atoms with Gasteiger partial charge in [-0.25, -0.2) is 4.79 Å². The molecule has 7 nitrogen and oxygen atoms in total. The van der Waals surface area contributed by atoms with E-state index in [0.29, 0.717) is 19.4 Å². The summed E-state index contributed by atoms with van der Waals surface area (Å²) in [5.41, 5.74) is 1.18. The molecule has 27 heavy (non-hydrogen) atoms. The fourth-order valence-electron chi connectivity index (χ4n) is 3.38. The summed E-state index contributed by atoms with van der Waals surface area (Å²) < 4.78 is 0. The second-order valence-electron chi connectivity index (χ2n) is 6.74. The molecule has 0 aliphatic carbocycles. The number of urea groups is 1. The molecule has 1 saturated heterocycles. The zero-order valence-corrected chi connectivity index (χ0v) is 16.5. The average molecular weight is 374 g/mol. The molecule has 1 fully saturated rings. The van der Waals surface area contributed by atoms with Crippen molar-refractivity contribution in [3.63, 3.8) is 0 Å². The van der Waals surface area contributed by atoms with Crippen molar-refractivity contribution in [2.24, 2.45) is 0 Å². The molecule has 2 rings (SSSR count). The molecule has 0 aromatic heterocycles. The second kappa shape index (κ2) is 10.1. The van der Waals surface area contributed by atoms with Gasteiger partial charge in [-0.1, -0.05) is 44.2 Å². The molecule has 1 heterocycles. The van der Waals surface area contributed by atoms with Gasteiger partial charge < -0.3 is 10.2 Å². The Morgan fingerprint density at radius 1 is 1.19 bits per heavy atom. The van der Waals surface area contributed by atoms with Crippen molar-refractivity contribution < 1.29 is 14.4 Å². The van der Waals surface area contributed by atoms with Crippen LogP contribution in [0, 0.1) is 0 Å². The van der Waals surface area contributed by atoms with Crippen molar-refractivity contribution in [2.75, 3.05) is 39.8 Å². The van der Waals surface area contributed by atoms with E-state index in [4.69, 9.17) is 0 Å². The van der Waals surface area contributed by atoms with E-state index in [1.807, 2.05) is 18.2 Å². The average Bonchev–Trinajstić information content (AvgIpc) is 2.91. The Morgan fingerprint density at radius 3 is 2.41 bits per heavy atom. The van der Waals surface area contributed by atoms with Crippen LogP contribution in [-0.4, -0.2) is 72.3 Å². The zero-order chi connectivity index (χ0) is 19.8. The lowest BCUT2D eigenvalue weighted by molar-refractivity contribution is -0.126. The van der Waals surface area contributed by atoms with Crippen LogP contribution in [0.2, 0.25) is 0 Å². The Hall–Kier alpha value is -2.41. The molecule has 0 radical (unpaired) electrons. The molecular formula is C20H30N4O3. The third-order valence-electron chi connectivity index (χ3n) is 4.95. The van der Waals surface area contributed by atoms with Crippen LogP contribution in [0.3, 0.4) is 0 Å². The SMILES string of the molecule is CCN(CC)C(CNC(=O)CCCN1C(=O)CN(C)C1=O)c1ccccc1. The van der Waals surface area contributed by atoms with Crippen LogP contribution in [0.1, 0.15) is 38.3 Å². The number of hydrogen-bond donors (Lipinski definition) is 1. The van der Waals surface area contributed by atoms with Gasteiger partial charge in [0.15, 0.2) is 0 Å². The molecule has 1 N–H and O–H groups in total. The maximum Gasteiger partial charge on any atom is 0.326 e. The van der Waals surface area contributed by atoms with Gasteiger partial charge in [-0.05, 0) is 25.1 Å². The molecule has 1 aromatic carbocycles. The van der Waals surface area contributed by atoms with E-state index in [-0.39, 0.29) is 37.0 Å². The van der Waals surface area contributed by atoms with E-state index >= 15 is 0 Å². The Morgan fingerprint density at radius 2 is 1.85 bits per heavy atom. The predicted octanol–water partition coefficient (Wildman–Crippen LogP) is 1.86. The first-order valence-corrected chi connectivity index (χ1v) is 9.59. The number of rotatable bonds is 10. The molecule has 0 spiro atoms. The third-order valence-corrected chi connectivity index (χ3v) is 4.95. The Bertz CT molecular complexity index is 646. The molecule has 1 atom stereocenters. The molecular weight excluding hydrogens is 344 g/mol. The molecule has 1 unspecified atom stereocenters. The molecule has 0 saturated carbocycles. The highest BCUT2D eigenvalue weighted by atomic mass is 16.2. The summed E-state index contributed by atoms with van der Waals surface area (Å²) in [5, 5.41) is 3.01. The van der Waals surface area contributed by atoms with Crippen LogP contribution >= 0.6 is 0 Å². The second-order valence-corrected chi connectivity index (χ2v) is 6.74. The van der Waals surface area contributed by atoms with Crippen molar-refractivity contribution in [2.45, 2.75) is 32.7 Å². The van der Waals surface area contributed by atoms with E-state index in [0.717, 1.165) is 13.1 Å². The third kappa shape index (κ3) is 5.53. The number of imide groups is 1. The lowest BCUT2D eigenvalue weighted by Gasteiger charge is -2.30. The maximum atomic E-state index is 12.3. The number of benzene rings is 1. The summed E-state index contributed by atoms with van der Waals surface area (Å²) in [6.07, 6.45) is 0.763. The molecule has 1 aliphatic rings. The van der Waals surface area contributed by atoms with Gasteiger partial charge in [0.25, 0.3) is 0 Å². The van der Waals surface area contributed by atoms with E-state index in [1.165, 1.54) is 15.4 Å². The highest BCUT2D eigenvalue weighted by Gasteiger charge is 2.32. The topological polar surface area (TPSA) is 73.0 Å². The monoisotopic (exact) mass is 374 g/mol. The predicted molar refractivity (Wildman–Crippen MR) is 104 cm³/mol. The van der Waals surface area contributed by atoms with Crippen LogP contribution in [0.25, 0.3) is 0 Å². The molecule has 1 aromatic rings. The fourth-order valence-corrected chi connectivity index (χ4v) is 3.38. The first-order chi connectivity index (χ1) is 13.0. The summed E-state index contributed by atoms with van der Waals surface area (Å²) in [7, 11) is 1.60. The standard InChI is InChI=1S/C20H30N4O3/c1-4-23(5-2)17(16-10-7-6-8-11-16)14-21-18(25)12-9-13-24-19(26)15-22(3)20(24)27/h6-8,10-11,17H,4-5,9,12-15H2,1-3H3,(H,21,25). The normalized spacial score (nSPS) is 15.6. The lowest BCUT2D eigenvalue weighted by Crippen LogP contribution is -2.38.